The lowest BCUT2D eigenvalue weighted by Gasteiger charge is -2.03. The van der Waals surface area contributed by atoms with Crippen LogP contribution in [0.15, 0.2) is 47.4 Å². The first-order valence-corrected chi connectivity index (χ1v) is 6.80. The summed E-state index contributed by atoms with van der Waals surface area (Å²) in [6.45, 7) is 5.32. The number of aromatic nitrogens is 3. The second kappa shape index (κ2) is 4.96. The van der Waals surface area contributed by atoms with Gasteiger partial charge in [0.05, 0.1) is 17.8 Å². The monoisotopic (exact) mass is 267 g/mol. The number of hydrogen-bond acceptors (Lipinski definition) is 2. The Labute approximate surface area is 117 Å². The first-order valence-electron chi connectivity index (χ1n) is 6.80. The minimum atomic E-state index is 0.0140. The van der Waals surface area contributed by atoms with Gasteiger partial charge < -0.3 is 4.57 Å². The summed E-state index contributed by atoms with van der Waals surface area (Å²) < 4.78 is 3.67. The number of pyridine rings is 1. The van der Waals surface area contributed by atoms with Crippen LogP contribution in [0, 0.1) is 6.92 Å². The molecule has 0 aliphatic carbocycles. The van der Waals surface area contributed by atoms with Crippen molar-refractivity contribution in [3.63, 3.8) is 0 Å². The summed E-state index contributed by atoms with van der Waals surface area (Å²) in [5.41, 5.74) is 3.05. The molecular weight excluding hydrogens is 250 g/mol. The Kier molecular flexibility index (Phi) is 3.14. The molecule has 4 heteroatoms. The van der Waals surface area contributed by atoms with E-state index in [-0.39, 0.29) is 5.56 Å². The Bertz CT molecular complexity index is 814. The highest BCUT2D eigenvalue weighted by molar-refractivity contribution is 5.81. The maximum absolute atomic E-state index is 12.0. The lowest BCUT2D eigenvalue weighted by molar-refractivity contribution is 0.647. The first kappa shape index (κ1) is 12.7. The van der Waals surface area contributed by atoms with Crippen LogP contribution in [0.4, 0.5) is 0 Å². The topological polar surface area (TPSA) is 39.8 Å². The molecule has 4 nitrogen and oxygen atoms in total. The second-order valence-electron chi connectivity index (χ2n) is 4.95. The molecule has 0 atom stereocenters. The fraction of sp³-hybridized carbons (Fsp3) is 0.250. The van der Waals surface area contributed by atoms with Gasteiger partial charge in [0.25, 0.3) is 5.56 Å². The Morgan fingerprint density at radius 2 is 2.00 bits per heavy atom. The Morgan fingerprint density at radius 1 is 1.20 bits per heavy atom. The molecule has 2 aromatic heterocycles. The van der Waals surface area contributed by atoms with Crippen molar-refractivity contribution in [2.75, 3.05) is 0 Å². The molecule has 0 N–H and O–H groups in total. The number of para-hydroxylation sites is 1. The molecule has 0 radical (unpaired) electrons. The van der Waals surface area contributed by atoms with Gasteiger partial charge in [-0.1, -0.05) is 18.2 Å². The zero-order valence-electron chi connectivity index (χ0n) is 11.7. The molecule has 20 heavy (non-hydrogen) atoms. The number of benzene rings is 1. The van der Waals surface area contributed by atoms with Crippen molar-refractivity contribution in [3.8, 4) is 0 Å². The van der Waals surface area contributed by atoms with Crippen LogP contribution in [0.5, 0.6) is 0 Å². The molecule has 102 valence electrons. The van der Waals surface area contributed by atoms with Gasteiger partial charge in [-0.15, -0.1) is 0 Å². The SMILES string of the molecule is CCn1nc(Cn2ccc(C)cc2=O)c2ccccc21. The summed E-state index contributed by atoms with van der Waals surface area (Å²) in [6, 6.07) is 11.7. The number of nitrogens with zero attached hydrogens (tertiary/aromatic N) is 3. The van der Waals surface area contributed by atoms with Crippen LogP contribution >= 0.6 is 0 Å². The number of rotatable bonds is 3. The van der Waals surface area contributed by atoms with Crippen LogP contribution < -0.4 is 5.56 Å². The van der Waals surface area contributed by atoms with E-state index >= 15 is 0 Å². The molecule has 0 spiro atoms. The van der Waals surface area contributed by atoms with Crippen LogP contribution in [-0.2, 0) is 13.1 Å². The van der Waals surface area contributed by atoms with Gasteiger partial charge in [-0.2, -0.15) is 5.10 Å². The molecule has 0 saturated carbocycles. The van der Waals surface area contributed by atoms with Crippen molar-refractivity contribution < 1.29 is 0 Å². The quantitative estimate of drug-likeness (QED) is 0.731. The van der Waals surface area contributed by atoms with Crippen molar-refractivity contribution in [1.29, 1.82) is 0 Å². The molecule has 0 saturated heterocycles. The van der Waals surface area contributed by atoms with Gasteiger partial charge in [0.2, 0.25) is 0 Å². The number of hydrogen-bond donors (Lipinski definition) is 0. The standard InChI is InChI=1S/C16H17N3O/c1-3-19-15-7-5-4-6-13(15)14(17-19)11-18-9-8-12(2)10-16(18)20/h4-10H,3,11H2,1-2H3. The van der Waals surface area contributed by atoms with Gasteiger partial charge in [0.1, 0.15) is 0 Å². The summed E-state index contributed by atoms with van der Waals surface area (Å²) in [5.74, 6) is 0. The zero-order valence-corrected chi connectivity index (χ0v) is 11.7. The maximum Gasteiger partial charge on any atom is 0.251 e. The average molecular weight is 267 g/mol. The van der Waals surface area contributed by atoms with Crippen molar-refractivity contribution in [2.45, 2.75) is 26.9 Å². The fourth-order valence-electron chi connectivity index (χ4n) is 2.45. The third-order valence-corrected chi connectivity index (χ3v) is 3.51. The molecule has 0 aliphatic heterocycles. The molecule has 3 rings (SSSR count). The van der Waals surface area contributed by atoms with Crippen LogP contribution in [0.2, 0.25) is 0 Å². The average Bonchev–Trinajstić information content (AvgIpc) is 2.80. The zero-order chi connectivity index (χ0) is 14.1. The van der Waals surface area contributed by atoms with Crippen molar-refractivity contribution >= 4 is 10.9 Å². The Balaban J connectivity index is 2.09. The van der Waals surface area contributed by atoms with Gasteiger partial charge >= 0.3 is 0 Å². The largest absolute Gasteiger partial charge is 0.309 e. The summed E-state index contributed by atoms with van der Waals surface area (Å²) in [4.78, 5) is 12.0. The van der Waals surface area contributed by atoms with E-state index in [2.05, 4.69) is 24.2 Å². The lowest BCUT2D eigenvalue weighted by Crippen LogP contribution is -2.19. The number of fused-ring (bicyclic) bond motifs is 1. The summed E-state index contributed by atoms with van der Waals surface area (Å²) in [7, 11) is 0. The van der Waals surface area contributed by atoms with E-state index in [0.29, 0.717) is 6.54 Å². The van der Waals surface area contributed by atoms with E-state index < -0.39 is 0 Å². The normalized spacial score (nSPS) is 11.1. The summed E-state index contributed by atoms with van der Waals surface area (Å²) in [6.07, 6.45) is 1.83. The van der Waals surface area contributed by atoms with Crippen molar-refractivity contribution in [2.24, 2.45) is 0 Å². The fourth-order valence-corrected chi connectivity index (χ4v) is 2.45. The molecule has 3 aromatic rings. The predicted octanol–water partition coefficient (Wildman–Crippen LogP) is 2.57. The molecule has 2 heterocycles. The highest BCUT2D eigenvalue weighted by Gasteiger charge is 2.10. The van der Waals surface area contributed by atoms with Gasteiger partial charge in [-0.25, -0.2) is 0 Å². The van der Waals surface area contributed by atoms with Gasteiger partial charge in [-0.3, -0.25) is 9.48 Å². The number of aryl methyl sites for hydroxylation is 2. The third-order valence-electron chi connectivity index (χ3n) is 3.51. The highest BCUT2D eigenvalue weighted by Crippen LogP contribution is 2.18. The molecule has 0 bridgehead atoms. The van der Waals surface area contributed by atoms with Crippen LogP contribution in [0.25, 0.3) is 10.9 Å². The van der Waals surface area contributed by atoms with E-state index in [1.165, 1.54) is 0 Å². The first-order chi connectivity index (χ1) is 9.69. The molecule has 0 aliphatic rings. The van der Waals surface area contributed by atoms with Gasteiger partial charge in [-0.05, 0) is 31.5 Å². The van der Waals surface area contributed by atoms with Crippen molar-refractivity contribution in [3.05, 3.63) is 64.2 Å². The maximum atomic E-state index is 12.0. The van der Waals surface area contributed by atoms with Crippen LogP contribution in [0.3, 0.4) is 0 Å². The van der Waals surface area contributed by atoms with E-state index in [0.717, 1.165) is 28.7 Å². The minimum absolute atomic E-state index is 0.0140. The van der Waals surface area contributed by atoms with E-state index in [1.807, 2.05) is 36.0 Å². The Hall–Kier alpha value is -2.36. The van der Waals surface area contributed by atoms with E-state index in [9.17, 15) is 4.79 Å². The molecule has 1 aromatic carbocycles. The van der Waals surface area contributed by atoms with Crippen LogP contribution in [-0.4, -0.2) is 14.3 Å². The molecule has 0 unspecified atom stereocenters. The van der Waals surface area contributed by atoms with Crippen molar-refractivity contribution in [1.82, 2.24) is 14.3 Å². The Morgan fingerprint density at radius 3 is 2.75 bits per heavy atom. The summed E-state index contributed by atoms with van der Waals surface area (Å²) in [5, 5.41) is 5.74. The minimum Gasteiger partial charge on any atom is -0.309 e. The highest BCUT2D eigenvalue weighted by atomic mass is 16.1. The van der Waals surface area contributed by atoms with E-state index in [4.69, 9.17) is 0 Å². The third kappa shape index (κ3) is 2.13. The second-order valence-corrected chi connectivity index (χ2v) is 4.95. The van der Waals surface area contributed by atoms with Crippen LogP contribution in [0.1, 0.15) is 18.2 Å². The molecular formula is C16H17N3O. The molecule has 0 amide bonds. The predicted molar refractivity (Wildman–Crippen MR) is 79.9 cm³/mol. The molecule has 0 fully saturated rings. The lowest BCUT2D eigenvalue weighted by atomic mass is 10.2. The smallest absolute Gasteiger partial charge is 0.251 e. The van der Waals surface area contributed by atoms with Gasteiger partial charge in [0.15, 0.2) is 0 Å². The summed E-state index contributed by atoms with van der Waals surface area (Å²) >= 11 is 0. The van der Waals surface area contributed by atoms with E-state index in [1.54, 1.807) is 10.6 Å². The van der Waals surface area contributed by atoms with Gasteiger partial charge in [0, 0.05) is 24.2 Å².